The summed E-state index contributed by atoms with van der Waals surface area (Å²) >= 11 is 0. The molecule has 128 valence electrons. The molecule has 1 atom stereocenters. The minimum absolute atomic E-state index is 0.207. The number of nitrogens with zero attached hydrogens (tertiary/aromatic N) is 1. The van der Waals surface area contributed by atoms with Gasteiger partial charge in [-0.05, 0) is 63.8 Å². The monoisotopic (exact) mass is 339 g/mol. The molecule has 2 rings (SSSR count). The molecule has 2 aromatic carbocycles. The molecule has 0 fully saturated rings. The molecule has 0 aliphatic carbocycles. The van der Waals surface area contributed by atoms with E-state index in [1.807, 2.05) is 0 Å². The van der Waals surface area contributed by atoms with E-state index in [0.29, 0.717) is 0 Å². The van der Waals surface area contributed by atoms with Crippen molar-refractivity contribution in [3.8, 4) is 5.75 Å². The van der Waals surface area contributed by atoms with E-state index in [2.05, 4.69) is 101 Å². The minimum Gasteiger partial charge on any atom is -0.488 e. The summed E-state index contributed by atoms with van der Waals surface area (Å²) in [5, 5.41) is 2.70. The lowest BCUT2D eigenvalue weighted by atomic mass is 10.1. The number of benzene rings is 2. The van der Waals surface area contributed by atoms with E-state index >= 15 is 0 Å². The molecule has 0 radical (unpaired) electrons. The quantitative estimate of drug-likeness (QED) is 0.775. The third-order valence-corrected chi connectivity index (χ3v) is 6.93. The van der Waals surface area contributed by atoms with E-state index in [-0.39, 0.29) is 5.60 Å². The van der Waals surface area contributed by atoms with Gasteiger partial charge in [-0.3, -0.25) is 0 Å². The van der Waals surface area contributed by atoms with E-state index in [0.717, 1.165) is 11.3 Å². The van der Waals surface area contributed by atoms with Gasteiger partial charge >= 0.3 is 0 Å². The van der Waals surface area contributed by atoms with Gasteiger partial charge in [0.15, 0.2) is 8.96 Å². The van der Waals surface area contributed by atoms with E-state index in [1.165, 1.54) is 15.9 Å². The third kappa shape index (κ3) is 4.59. The molecule has 0 amide bonds. The van der Waals surface area contributed by atoms with Crippen LogP contribution in [0.5, 0.6) is 5.75 Å². The van der Waals surface area contributed by atoms with E-state index in [9.17, 15) is 0 Å². The fraction of sp³-hybridized carbons (Fsp3) is 0.333. The van der Waals surface area contributed by atoms with Gasteiger partial charge in [-0.1, -0.05) is 54.6 Å². The van der Waals surface area contributed by atoms with E-state index < -0.39 is 8.96 Å². The van der Waals surface area contributed by atoms with Crippen molar-refractivity contribution in [1.29, 1.82) is 0 Å². The number of para-hydroxylation sites is 1. The van der Waals surface area contributed by atoms with Gasteiger partial charge in [0, 0.05) is 0 Å². The molecular formula is C21H29NOSi. The van der Waals surface area contributed by atoms with Crippen molar-refractivity contribution in [2.75, 3.05) is 14.1 Å². The minimum atomic E-state index is -1.55. The van der Waals surface area contributed by atoms with Crippen molar-refractivity contribution < 1.29 is 4.74 Å². The van der Waals surface area contributed by atoms with Gasteiger partial charge in [0.2, 0.25) is 0 Å². The Bertz CT molecular complexity index is 716. The maximum atomic E-state index is 6.25. The Kier molecular flexibility index (Phi) is 5.68. The maximum Gasteiger partial charge on any atom is 0.179 e. The van der Waals surface area contributed by atoms with Crippen LogP contribution in [0.2, 0.25) is 0 Å². The fourth-order valence-electron chi connectivity index (χ4n) is 2.86. The highest BCUT2D eigenvalue weighted by molar-refractivity contribution is 6.83. The SMILES string of the molecule is C=C(C)c1cccc([SiH](c2ccccc2OC(C)(C)C)N(C)C)c1. The van der Waals surface area contributed by atoms with Crippen LogP contribution >= 0.6 is 0 Å². The first-order chi connectivity index (χ1) is 11.2. The molecular weight excluding hydrogens is 310 g/mol. The van der Waals surface area contributed by atoms with Gasteiger partial charge < -0.3 is 9.30 Å². The number of rotatable bonds is 5. The van der Waals surface area contributed by atoms with E-state index in [4.69, 9.17) is 4.74 Å². The zero-order valence-corrected chi connectivity index (χ0v) is 16.9. The second-order valence-corrected chi connectivity index (χ2v) is 10.7. The van der Waals surface area contributed by atoms with Gasteiger partial charge in [0.25, 0.3) is 0 Å². The van der Waals surface area contributed by atoms with Gasteiger partial charge in [-0.2, -0.15) is 0 Å². The van der Waals surface area contributed by atoms with Gasteiger partial charge in [-0.25, -0.2) is 0 Å². The van der Waals surface area contributed by atoms with Crippen LogP contribution in [-0.2, 0) is 0 Å². The summed E-state index contributed by atoms with van der Waals surface area (Å²) in [6.07, 6.45) is 0. The average Bonchev–Trinajstić information content (AvgIpc) is 2.48. The molecule has 0 saturated carbocycles. The van der Waals surface area contributed by atoms with Crippen molar-refractivity contribution in [3.63, 3.8) is 0 Å². The summed E-state index contributed by atoms with van der Waals surface area (Å²) in [4.78, 5) is 0. The fourth-order valence-corrected chi connectivity index (χ4v) is 5.72. The third-order valence-electron chi connectivity index (χ3n) is 3.84. The molecule has 0 aliphatic rings. The summed E-state index contributed by atoms with van der Waals surface area (Å²) in [5.74, 6) is 0.996. The van der Waals surface area contributed by atoms with Crippen LogP contribution in [0.1, 0.15) is 33.3 Å². The standard InChI is InChI=1S/C21H29NOSi/c1-16(2)17-11-10-12-18(15-17)24(22(6)7)20-14-9-8-13-19(20)23-21(3,4)5/h8-15,24H,1H2,2-7H3. The van der Waals surface area contributed by atoms with Crippen molar-refractivity contribution >= 4 is 24.9 Å². The lowest BCUT2D eigenvalue weighted by Crippen LogP contribution is -2.54. The molecule has 0 bridgehead atoms. The molecule has 0 heterocycles. The molecule has 0 saturated heterocycles. The Hall–Kier alpha value is -1.84. The van der Waals surface area contributed by atoms with Gasteiger partial charge in [-0.15, -0.1) is 0 Å². The zero-order valence-electron chi connectivity index (χ0n) is 15.8. The van der Waals surface area contributed by atoms with Crippen LogP contribution in [0.4, 0.5) is 0 Å². The number of hydrogen-bond acceptors (Lipinski definition) is 2. The average molecular weight is 340 g/mol. The smallest absolute Gasteiger partial charge is 0.179 e. The van der Waals surface area contributed by atoms with Gasteiger partial charge in [0.1, 0.15) is 11.4 Å². The van der Waals surface area contributed by atoms with Crippen molar-refractivity contribution in [2.24, 2.45) is 0 Å². The molecule has 2 aromatic rings. The Labute approximate surface area is 148 Å². The molecule has 0 aliphatic heterocycles. The summed E-state index contributed by atoms with van der Waals surface area (Å²) in [6.45, 7) is 12.4. The van der Waals surface area contributed by atoms with Crippen LogP contribution in [0, 0.1) is 0 Å². The molecule has 3 heteroatoms. The maximum absolute atomic E-state index is 6.25. The Morgan fingerprint density at radius 1 is 1.04 bits per heavy atom. The highest BCUT2D eigenvalue weighted by atomic mass is 28.3. The predicted octanol–water partition coefficient (Wildman–Crippen LogP) is 3.30. The molecule has 0 spiro atoms. The zero-order chi connectivity index (χ0) is 17.9. The number of allylic oxidation sites excluding steroid dienone is 1. The van der Waals surface area contributed by atoms with Crippen LogP contribution in [0.15, 0.2) is 55.1 Å². The van der Waals surface area contributed by atoms with Crippen LogP contribution < -0.4 is 15.1 Å². The summed E-state index contributed by atoms with van der Waals surface area (Å²) in [5.41, 5.74) is 2.10. The summed E-state index contributed by atoms with van der Waals surface area (Å²) in [6, 6.07) is 17.2. The first kappa shape index (κ1) is 18.5. The van der Waals surface area contributed by atoms with E-state index in [1.54, 1.807) is 0 Å². The van der Waals surface area contributed by atoms with Gasteiger partial charge in [0.05, 0.1) is 0 Å². The second-order valence-electron chi connectivity index (χ2n) is 7.52. The van der Waals surface area contributed by atoms with Crippen molar-refractivity contribution in [1.82, 2.24) is 4.57 Å². The van der Waals surface area contributed by atoms with Crippen LogP contribution in [0.3, 0.4) is 0 Å². The second kappa shape index (κ2) is 7.37. The Balaban J connectivity index is 2.53. The lowest BCUT2D eigenvalue weighted by molar-refractivity contribution is 0.132. The summed E-state index contributed by atoms with van der Waals surface area (Å²) < 4.78 is 8.62. The first-order valence-corrected chi connectivity index (χ1v) is 10.1. The molecule has 1 unspecified atom stereocenters. The van der Waals surface area contributed by atoms with Crippen molar-refractivity contribution in [2.45, 2.75) is 33.3 Å². The first-order valence-electron chi connectivity index (χ1n) is 8.39. The lowest BCUT2D eigenvalue weighted by Gasteiger charge is -2.29. The molecule has 2 nitrogen and oxygen atoms in total. The normalized spacial score (nSPS) is 13.0. The van der Waals surface area contributed by atoms with Crippen LogP contribution in [-0.4, -0.2) is 33.2 Å². The molecule has 24 heavy (non-hydrogen) atoms. The topological polar surface area (TPSA) is 12.5 Å². The summed E-state index contributed by atoms with van der Waals surface area (Å²) in [7, 11) is 2.78. The van der Waals surface area contributed by atoms with Crippen molar-refractivity contribution in [3.05, 3.63) is 60.7 Å². The highest BCUT2D eigenvalue weighted by Gasteiger charge is 2.25. The Morgan fingerprint density at radius 2 is 1.71 bits per heavy atom. The number of ether oxygens (including phenoxy) is 1. The molecule has 0 N–H and O–H groups in total. The highest BCUT2D eigenvalue weighted by Crippen LogP contribution is 2.17. The number of hydrogen-bond donors (Lipinski definition) is 0. The Morgan fingerprint density at radius 3 is 2.29 bits per heavy atom. The van der Waals surface area contributed by atoms with Crippen LogP contribution in [0.25, 0.3) is 5.57 Å². The predicted molar refractivity (Wildman–Crippen MR) is 108 cm³/mol. The molecule has 0 aromatic heterocycles. The largest absolute Gasteiger partial charge is 0.488 e.